The number of allylic oxidation sites excluding steroid dienone is 1. The van der Waals surface area contributed by atoms with E-state index in [0.717, 1.165) is 16.0 Å². The molecule has 0 amide bonds. The second-order valence-corrected chi connectivity index (χ2v) is 7.83. The van der Waals surface area contributed by atoms with Crippen molar-refractivity contribution in [1.82, 2.24) is 19.7 Å². The minimum Gasteiger partial charge on any atom is -0.424 e. The van der Waals surface area contributed by atoms with E-state index >= 15 is 0 Å². The van der Waals surface area contributed by atoms with Gasteiger partial charge in [-0.25, -0.2) is 4.98 Å². The predicted octanol–water partition coefficient (Wildman–Crippen LogP) is 4.55. The van der Waals surface area contributed by atoms with Gasteiger partial charge in [-0.1, -0.05) is 55.1 Å². The highest BCUT2D eigenvalue weighted by atomic mass is 32.2. The summed E-state index contributed by atoms with van der Waals surface area (Å²) in [5, 5.41) is 11.3. The summed E-state index contributed by atoms with van der Waals surface area (Å²) in [7, 11) is 0. The fraction of sp³-hybridized carbons (Fsp3) is 0.200. The molecule has 4 aromatic rings. The zero-order chi connectivity index (χ0) is 19.5. The fourth-order valence-electron chi connectivity index (χ4n) is 2.85. The van der Waals surface area contributed by atoms with Gasteiger partial charge in [0.1, 0.15) is 4.83 Å². The van der Waals surface area contributed by atoms with Gasteiger partial charge < -0.3 is 4.42 Å². The first kappa shape index (κ1) is 18.6. The molecule has 4 rings (SSSR count). The summed E-state index contributed by atoms with van der Waals surface area (Å²) in [5.74, 6) is 1.59. The van der Waals surface area contributed by atoms with Crippen LogP contribution in [0.5, 0.6) is 0 Å². The Hall–Kier alpha value is -2.71. The average molecular weight is 411 g/mol. The number of hydrogen-bond donors (Lipinski definition) is 0. The number of hydrogen-bond acceptors (Lipinski definition) is 7. The molecule has 0 saturated heterocycles. The molecule has 28 heavy (non-hydrogen) atoms. The molecule has 6 nitrogen and oxygen atoms in total. The summed E-state index contributed by atoms with van der Waals surface area (Å²) in [4.78, 5) is 18.8. The van der Waals surface area contributed by atoms with Crippen LogP contribution in [0.1, 0.15) is 18.7 Å². The van der Waals surface area contributed by atoms with Gasteiger partial charge in [-0.3, -0.25) is 9.36 Å². The number of rotatable bonds is 7. The van der Waals surface area contributed by atoms with Gasteiger partial charge >= 0.3 is 0 Å². The van der Waals surface area contributed by atoms with E-state index in [1.165, 1.54) is 23.1 Å². The number of aryl methyl sites for hydroxylation is 1. The Morgan fingerprint density at radius 2 is 2.04 bits per heavy atom. The molecule has 8 heteroatoms. The number of benzene rings is 1. The molecule has 3 aromatic heterocycles. The van der Waals surface area contributed by atoms with Crippen molar-refractivity contribution >= 4 is 33.3 Å². The third kappa shape index (κ3) is 3.53. The average Bonchev–Trinajstić information content (AvgIpc) is 3.36. The molecule has 1 aromatic carbocycles. The standard InChI is InChI=1S/C20H18N4O2S2/c1-3-10-24-19(25)17-14(13-8-6-5-7-9-13)11-27-18(17)21-20(24)28-12-16-23-22-15(4-2)26-16/h3,5-9,11H,1,4,10,12H2,2H3. The Morgan fingerprint density at radius 3 is 2.75 bits per heavy atom. The second kappa shape index (κ2) is 8.12. The van der Waals surface area contributed by atoms with E-state index in [1.54, 1.807) is 10.6 Å². The lowest BCUT2D eigenvalue weighted by atomic mass is 10.1. The highest BCUT2D eigenvalue weighted by molar-refractivity contribution is 7.98. The molecule has 0 atom stereocenters. The van der Waals surface area contributed by atoms with Gasteiger partial charge in [-0.05, 0) is 5.56 Å². The van der Waals surface area contributed by atoms with Gasteiger partial charge in [0.05, 0.1) is 11.1 Å². The first-order valence-corrected chi connectivity index (χ1v) is 10.7. The van der Waals surface area contributed by atoms with E-state index in [2.05, 4.69) is 16.8 Å². The molecule has 0 aliphatic rings. The molecule has 0 fully saturated rings. The van der Waals surface area contributed by atoms with Crippen molar-refractivity contribution in [3.8, 4) is 11.1 Å². The second-order valence-electron chi connectivity index (χ2n) is 6.03. The van der Waals surface area contributed by atoms with Gasteiger partial charge in [-0.15, -0.1) is 28.1 Å². The van der Waals surface area contributed by atoms with Crippen molar-refractivity contribution in [1.29, 1.82) is 0 Å². The van der Waals surface area contributed by atoms with E-state index in [4.69, 9.17) is 9.40 Å². The fourth-order valence-corrected chi connectivity index (χ4v) is 4.69. The van der Waals surface area contributed by atoms with Crippen molar-refractivity contribution in [2.24, 2.45) is 0 Å². The molecule has 0 unspecified atom stereocenters. The van der Waals surface area contributed by atoms with Gasteiger partial charge in [0, 0.05) is 23.9 Å². The number of fused-ring (bicyclic) bond motifs is 1. The zero-order valence-corrected chi connectivity index (χ0v) is 16.9. The summed E-state index contributed by atoms with van der Waals surface area (Å²) in [6.45, 7) is 6.13. The first-order chi connectivity index (χ1) is 13.7. The SMILES string of the molecule is C=CCn1c(SCc2nnc(CC)o2)nc2scc(-c3ccccc3)c2c1=O. The highest BCUT2D eigenvalue weighted by Crippen LogP contribution is 2.32. The van der Waals surface area contributed by atoms with Crippen LogP contribution in [0, 0.1) is 0 Å². The number of thiophene rings is 1. The maximum absolute atomic E-state index is 13.3. The minimum atomic E-state index is -0.0627. The lowest BCUT2D eigenvalue weighted by Crippen LogP contribution is -2.22. The summed E-state index contributed by atoms with van der Waals surface area (Å²) in [6, 6.07) is 9.90. The quantitative estimate of drug-likeness (QED) is 0.253. The minimum absolute atomic E-state index is 0.0627. The molecular weight excluding hydrogens is 392 g/mol. The Balaban J connectivity index is 1.75. The Kier molecular flexibility index (Phi) is 5.40. The maximum Gasteiger partial charge on any atom is 0.263 e. The van der Waals surface area contributed by atoms with Gasteiger partial charge in [0.25, 0.3) is 5.56 Å². The number of nitrogens with zero attached hydrogens (tertiary/aromatic N) is 4. The summed E-state index contributed by atoms with van der Waals surface area (Å²) < 4.78 is 7.21. The topological polar surface area (TPSA) is 73.8 Å². The third-order valence-corrected chi connectivity index (χ3v) is 6.02. The highest BCUT2D eigenvalue weighted by Gasteiger charge is 2.17. The molecular formula is C20H18N4O2S2. The van der Waals surface area contributed by atoms with Crippen LogP contribution in [0.4, 0.5) is 0 Å². The largest absolute Gasteiger partial charge is 0.424 e. The van der Waals surface area contributed by atoms with Crippen molar-refractivity contribution in [2.45, 2.75) is 30.8 Å². The van der Waals surface area contributed by atoms with Crippen LogP contribution in [-0.4, -0.2) is 19.7 Å². The molecule has 0 N–H and O–H groups in total. The van der Waals surface area contributed by atoms with Gasteiger partial charge in [-0.2, -0.15) is 0 Å². The lowest BCUT2D eigenvalue weighted by molar-refractivity contribution is 0.469. The zero-order valence-electron chi connectivity index (χ0n) is 15.3. The van der Waals surface area contributed by atoms with Crippen molar-refractivity contribution < 1.29 is 4.42 Å². The van der Waals surface area contributed by atoms with Crippen molar-refractivity contribution in [3.05, 3.63) is 70.5 Å². The Morgan fingerprint density at radius 1 is 1.25 bits per heavy atom. The van der Waals surface area contributed by atoms with E-state index < -0.39 is 0 Å². The smallest absolute Gasteiger partial charge is 0.263 e. The van der Waals surface area contributed by atoms with E-state index in [0.29, 0.717) is 41.0 Å². The monoisotopic (exact) mass is 410 g/mol. The van der Waals surface area contributed by atoms with Crippen LogP contribution in [0.2, 0.25) is 0 Å². The number of aromatic nitrogens is 4. The van der Waals surface area contributed by atoms with Crippen LogP contribution in [-0.2, 0) is 18.7 Å². The van der Waals surface area contributed by atoms with Crippen LogP contribution >= 0.6 is 23.1 Å². The Bertz CT molecular complexity index is 1180. The van der Waals surface area contributed by atoms with E-state index in [9.17, 15) is 4.79 Å². The molecule has 0 bridgehead atoms. The predicted molar refractivity (Wildman–Crippen MR) is 113 cm³/mol. The van der Waals surface area contributed by atoms with Gasteiger partial charge in [0.2, 0.25) is 11.8 Å². The van der Waals surface area contributed by atoms with Gasteiger partial charge in [0.15, 0.2) is 5.16 Å². The van der Waals surface area contributed by atoms with E-state index in [1.807, 2.05) is 42.6 Å². The summed E-state index contributed by atoms with van der Waals surface area (Å²) >= 11 is 2.89. The Labute approximate surface area is 170 Å². The maximum atomic E-state index is 13.3. The molecule has 0 aliphatic carbocycles. The number of thioether (sulfide) groups is 1. The van der Waals surface area contributed by atoms with Crippen molar-refractivity contribution in [2.75, 3.05) is 0 Å². The molecule has 0 radical (unpaired) electrons. The summed E-state index contributed by atoms with van der Waals surface area (Å²) in [6.07, 6.45) is 2.40. The van der Waals surface area contributed by atoms with Crippen molar-refractivity contribution in [3.63, 3.8) is 0 Å². The van der Waals surface area contributed by atoms with Crippen LogP contribution in [0.15, 0.2) is 62.7 Å². The first-order valence-electron chi connectivity index (χ1n) is 8.83. The van der Waals surface area contributed by atoms with Crippen LogP contribution in [0.25, 0.3) is 21.3 Å². The van der Waals surface area contributed by atoms with Crippen LogP contribution in [0.3, 0.4) is 0 Å². The normalized spacial score (nSPS) is 11.2. The van der Waals surface area contributed by atoms with Crippen LogP contribution < -0.4 is 5.56 Å². The molecule has 0 aliphatic heterocycles. The molecule has 142 valence electrons. The summed E-state index contributed by atoms with van der Waals surface area (Å²) in [5.41, 5.74) is 1.86. The molecule has 0 spiro atoms. The van der Waals surface area contributed by atoms with E-state index in [-0.39, 0.29) is 5.56 Å². The molecule has 3 heterocycles. The molecule has 0 saturated carbocycles. The lowest BCUT2D eigenvalue weighted by Gasteiger charge is -2.10. The third-order valence-electron chi connectivity index (χ3n) is 4.19.